The van der Waals surface area contributed by atoms with Crippen molar-refractivity contribution in [3.05, 3.63) is 59.2 Å². The van der Waals surface area contributed by atoms with Crippen LogP contribution in [-0.4, -0.2) is 0 Å². The molecule has 0 radical (unpaired) electrons. The summed E-state index contributed by atoms with van der Waals surface area (Å²) < 4.78 is 0. The lowest BCUT2D eigenvalue weighted by atomic mass is 10.00. The zero-order chi connectivity index (χ0) is 14.5. The molecule has 106 valence electrons. The molecule has 0 atom stereocenters. The molecule has 2 aromatic rings. The molecule has 0 heteroatoms. The summed E-state index contributed by atoms with van der Waals surface area (Å²) in [4.78, 5) is 0. The Balaban J connectivity index is 1.58. The highest BCUT2D eigenvalue weighted by atomic mass is 14.2. The number of hydrogen-bond acceptors (Lipinski definition) is 0. The van der Waals surface area contributed by atoms with Crippen molar-refractivity contribution in [3.8, 4) is 23.5 Å². The van der Waals surface area contributed by atoms with Crippen LogP contribution in [0.4, 0.5) is 0 Å². The van der Waals surface area contributed by atoms with E-state index in [1.807, 2.05) is 0 Å². The maximum atomic E-state index is 5.27. The molecule has 3 rings (SSSR count). The molecule has 2 aromatic carbocycles. The Bertz CT molecular complexity index is 658. The Hall–Kier alpha value is -2.00. The predicted molar refractivity (Wildman–Crippen MR) is 90.3 cm³/mol. The van der Waals surface area contributed by atoms with E-state index in [9.17, 15) is 0 Å². The van der Waals surface area contributed by atoms with Crippen molar-refractivity contribution in [2.24, 2.45) is 0 Å². The van der Waals surface area contributed by atoms with Gasteiger partial charge < -0.3 is 0 Å². The number of fused-ring (bicyclic) bond motifs is 3. The second-order valence-electron chi connectivity index (χ2n) is 5.94. The zero-order valence-corrected chi connectivity index (χ0v) is 12.6. The normalized spacial score (nSPS) is 11.8. The van der Waals surface area contributed by atoms with Gasteiger partial charge in [0.2, 0.25) is 0 Å². The summed E-state index contributed by atoms with van der Waals surface area (Å²) in [5, 5.41) is 0. The molecule has 0 saturated heterocycles. The number of unbranched alkanes of at least 4 members (excludes halogenated alkanes) is 4. The van der Waals surface area contributed by atoms with Crippen molar-refractivity contribution < 1.29 is 0 Å². The van der Waals surface area contributed by atoms with Gasteiger partial charge in [0.25, 0.3) is 0 Å². The first-order chi connectivity index (χ1) is 10.4. The van der Waals surface area contributed by atoms with Crippen LogP contribution < -0.4 is 0 Å². The molecule has 21 heavy (non-hydrogen) atoms. The second kappa shape index (κ2) is 6.64. The van der Waals surface area contributed by atoms with Crippen LogP contribution in [0.25, 0.3) is 11.1 Å². The van der Waals surface area contributed by atoms with Gasteiger partial charge in [0.05, 0.1) is 0 Å². The Morgan fingerprint density at radius 2 is 1.67 bits per heavy atom. The molecule has 0 bridgehead atoms. The van der Waals surface area contributed by atoms with E-state index in [1.165, 1.54) is 59.9 Å². The molecule has 0 nitrogen and oxygen atoms in total. The van der Waals surface area contributed by atoms with E-state index >= 15 is 0 Å². The van der Waals surface area contributed by atoms with E-state index in [0.717, 1.165) is 12.8 Å². The fourth-order valence-electron chi connectivity index (χ4n) is 3.26. The Labute approximate surface area is 128 Å². The topological polar surface area (TPSA) is 0 Å². The molecule has 0 N–H and O–H groups in total. The second-order valence-corrected chi connectivity index (χ2v) is 5.94. The maximum Gasteiger partial charge on any atom is 0.00860 e. The van der Waals surface area contributed by atoms with Gasteiger partial charge >= 0.3 is 0 Å². The minimum atomic E-state index is 0.928. The minimum Gasteiger partial charge on any atom is -0.120 e. The fourth-order valence-corrected chi connectivity index (χ4v) is 3.26. The Morgan fingerprint density at radius 1 is 0.857 bits per heavy atom. The standard InChI is InChI=1S/C21H22/c1-2-3-4-5-6-7-10-17-13-14-21-19(15-17)16-18-11-8-9-12-20(18)21/h1,8-9,11-15H,3-7,10,16H2. The quantitative estimate of drug-likeness (QED) is 0.418. The summed E-state index contributed by atoms with van der Waals surface area (Å²) in [7, 11) is 0. The first-order valence-electron chi connectivity index (χ1n) is 8.02. The van der Waals surface area contributed by atoms with Crippen molar-refractivity contribution in [3.63, 3.8) is 0 Å². The molecule has 0 spiro atoms. The third-order valence-corrected chi connectivity index (χ3v) is 4.39. The predicted octanol–water partition coefficient (Wildman–Crippen LogP) is 5.38. The Morgan fingerprint density at radius 3 is 2.57 bits per heavy atom. The fraction of sp³-hybridized carbons (Fsp3) is 0.333. The lowest BCUT2D eigenvalue weighted by molar-refractivity contribution is 0.650. The Kier molecular flexibility index (Phi) is 4.41. The molecular weight excluding hydrogens is 252 g/mol. The van der Waals surface area contributed by atoms with E-state index in [4.69, 9.17) is 6.42 Å². The monoisotopic (exact) mass is 274 g/mol. The van der Waals surface area contributed by atoms with Gasteiger partial charge in [-0.1, -0.05) is 55.3 Å². The van der Waals surface area contributed by atoms with Gasteiger partial charge in [-0.05, 0) is 53.5 Å². The lowest BCUT2D eigenvalue weighted by Gasteiger charge is -2.05. The van der Waals surface area contributed by atoms with Crippen LogP contribution in [0, 0.1) is 12.3 Å². The number of hydrogen-bond donors (Lipinski definition) is 0. The highest BCUT2D eigenvalue weighted by Crippen LogP contribution is 2.36. The van der Waals surface area contributed by atoms with Crippen LogP contribution in [-0.2, 0) is 12.8 Å². The number of aryl methyl sites for hydroxylation is 1. The minimum absolute atomic E-state index is 0.928. The summed E-state index contributed by atoms with van der Waals surface area (Å²) in [5.41, 5.74) is 7.31. The van der Waals surface area contributed by atoms with Gasteiger partial charge in [0, 0.05) is 6.42 Å². The van der Waals surface area contributed by atoms with Crippen LogP contribution in [0.3, 0.4) is 0 Å². The summed E-state index contributed by atoms with van der Waals surface area (Å²) >= 11 is 0. The summed E-state index contributed by atoms with van der Waals surface area (Å²) in [6.07, 6.45) is 13.5. The molecule has 0 amide bonds. The first-order valence-corrected chi connectivity index (χ1v) is 8.02. The molecule has 0 saturated carbocycles. The van der Waals surface area contributed by atoms with E-state index in [1.54, 1.807) is 0 Å². The third kappa shape index (κ3) is 3.19. The number of benzene rings is 2. The van der Waals surface area contributed by atoms with Crippen LogP contribution in [0.1, 0.15) is 48.8 Å². The van der Waals surface area contributed by atoms with E-state index in [2.05, 4.69) is 48.4 Å². The van der Waals surface area contributed by atoms with Gasteiger partial charge in [0.1, 0.15) is 0 Å². The molecular formula is C21H22. The molecule has 1 aliphatic carbocycles. The summed E-state index contributed by atoms with van der Waals surface area (Å²) in [6, 6.07) is 15.8. The highest BCUT2D eigenvalue weighted by molar-refractivity contribution is 5.76. The van der Waals surface area contributed by atoms with Gasteiger partial charge in [-0.15, -0.1) is 12.3 Å². The van der Waals surface area contributed by atoms with Gasteiger partial charge in [0.15, 0.2) is 0 Å². The van der Waals surface area contributed by atoms with Crippen LogP contribution in [0.15, 0.2) is 42.5 Å². The van der Waals surface area contributed by atoms with Gasteiger partial charge in [-0.3, -0.25) is 0 Å². The van der Waals surface area contributed by atoms with E-state index in [0.29, 0.717) is 0 Å². The largest absolute Gasteiger partial charge is 0.120 e. The average molecular weight is 274 g/mol. The zero-order valence-electron chi connectivity index (χ0n) is 12.6. The lowest BCUT2D eigenvalue weighted by Crippen LogP contribution is -1.89. The molecule has 1 aliphatic rings. The van der Waals surface area contributed by atoms with Gasteiger partial charge in [-0.2, -0.15) is 0 Å². The van der Waals surface area contributed by atoms with Crippen molar-refractivity contribution in [2.45, 2.75) is 44.9 Å². The molecule has 0 unspecified atom stereocenters. The van der Waals surface area contributed by atoms with Crippen molar-refractivity contribution in [2.75, 3.05) is 0 Å². The molecule has 0 aliphatic heterocycles. The van der Waals surface area contributed by atoms with E-state index < -0.39 is 0 Å². The van der Waals surface area contributed by atoms with Crippen molar-refractivity contribution in [1.29, 1.82) is 0 Å². The van der Waals surface area contributed by atoms with Crippen molar-refractivity contribution in [1.82, 2.24) is 0 Å². The van der Waals surface area contributed by atoms with E-state index in [-0.39, 0.29) is 0 Å². The SMILES string of the molecule is C#CCCCCCCc1ccc2c(c1)Cc1ccccc1-2. The molecule has 0 aromatic heterocycles. The smallest absolute Gasteiger partial charge is 0.00860 e. The van der Waals surface area contributed by atoms with Crippen LogP contribution in [0.5, 0.6) is 0 Å². The van der Waals surface area contributed by atoms with Crippen LogP contribution >= 0.6 is 0 Å². The average Bonchev–Trinajstić information content (AvgIpc) is 2.88. The summed E-state index contributed by atoms with van der Waals surface area (Å²) in [5.74, 6) is 2.71. The van der Waals surface area contributed by atoms with Crippen molar-refractivity contribution >= 4 is 0 Å². The molecule has 0 heterocycles. The maximum absolute atomic E-state index is 5.27. The number of terminal acetylenes is 1. The highest BCUT2D eigenvalue weighted by Gasteiger charge is 2.17. The third-order valence-electron chi connectivity index (χ3n) is 4.39. The number of rotatable bonds is 6. The van der Waals surface area contributed by atoms with Gasteiger partial charge in [-0.25, -0.2) is 0 Å². The molecule has 0 fully saturated rings. The first kappa shape index (κ1) is 14.0. The summed E-state index contributed by atoms with van der Waals surface area (Å²) in [6.45, 7) is 0. The van der Waals surface area contributed by atoms with Crippen LogP contribution in [0.2, 0.25) is 0 Å².